The number of hydrogen-bond acceptors (Lipinski definition) is 3. The maximum absolute atomic E-state index is 11.2. The van der Waals surface area contributed by atoms with E-state index in [0.29, 0.717) is 17.4 Å². The van der Waals surface area contributed by atoms with Gasteiger partial charge >= 0.3 is 0 Å². The Morgan fingerprint density at radius 2 is 1.95 bits per heavy atom. The topological polar surface area (TPSA) is 39.2 Å². The summed E-state index contributed by atoms with van der Waals surface area (Å²) in [6.45, 7) is 7.94. The van der Waals surface area contributed by atoms with Gasteiger partial charge in [0.15, 0.2) is 5.78 Å². The van der Waals surface area contributed by atoms with Gasteiger partial charge in [-0.3, -0.25) is 4.79 Å². The maximum atomic E-state index is 11.2. The molecule has 1 aromatic carbocycles. The number of pyridine rings is 1. The number of hydrogen-bond donors (Lipinski definition) is 0. The van der Waals surface area contributed by atoms with E-state index in [1.165, 1.54) is 24.2 Å². The summed E-state index contributed by atoms with van der Waals surface area (Å²) < 4.78 is 5.71. The van der Waals surface area contributed by atoms with Gasteiger partial charge in [0, 0.05) is 17.8 Å². The van der Waals surface area contributed by atoms with Crippen LogP contribution >= 0.6 is 0 Å². The molecule has 2 aromatic rings. The summed E-state index contributed by atoms with van der Waals surface area (Å²) in [5.74, 6) is 1.75. The van der Waals surface area contributed by atoms with Crippen molar-refractivity contribution in [2.75, 3.05) is 0 Å². The number of Topliss-reactive ketones (excluding diaryl/α,β-unsaturated/α-hetero) is 1. The molecule has 0 aliphatic heterocycles. The third kappa shape index (κ3) is 3.23. The number of aromatic nitrogens is 1. The molecule has 1 aromatic heterocycles. The van der Waals surface area contributed by atoms with Crippen molar-refractivity contribution in [1.82, 2.24) is 4.98 Å². The molecule has 0 bridgehead atoms. The minimum atomic E-state index is 0.00109. The lowest BCUT2D eigenvalue weighted by Gasteiger charge is -2.12. The van der Waals surface area contributed by atoms with Gasteiger partial charge in [-0.1, -0.05) is 19.9 Å². The molecule has 0 saturated heterocycles. The smallest absolute Gasteiger partial charge is 0.219 e. The molecule has 0 spiro atoms. The Bertz CT molecular complexity index is 615. The third-order valence-corrected chi connectivity index (χ3v) is 3.23. The predicted octanol–water partition coefficient (Wildman–Crippen LogP) is 4.51. The summed E-state index contributed by atoms with van der Waals surface area (Å²) in [6.07, 6.45) is 1.53. The average Bonchev–Trinajstić information content (AvgIpc) is 2.39. The van der Waals surface area contributed by atoms with E-state index >= 15 is 0 Å². The minimum absolute atomic E-state index is 0.00109. The molecule has 0 amide bonds. The van der Waals surface area contributed by atoms with Crippen LogP contribution in [0.4, 0.5) is 0 Å². The number of aryl methyl sites for hydroxylation is 1. The highest BCUT2D eigenvalue weighted by molar-refractivity contribution is 5.93. The first-order chi connectivity index (χ1) is 9.47. The molecule has 0 N–H and O–H groups in total. The number of ether oxygens (including phenoxy) is 1. The summed E-state index contributed by atoms with van der Waals surface area (Å²) in [5, 5.41) is 0. The first kappa shape index (κ1) is 14.3. The summed E-state index contributed by atoms with van der Waals surface area (Å²) in [6, 6.07) is 9.47. The minimum Gasteiger partial charge on any atom is -0.439 e. The molecule has 0 fully saturated rings. The molecule has 0 radical (unpaired) electrons. The van der Waals surface area contributed by atoms with Gasteiger partial charge in [0.25, 0.3) is 0 Å². The van der Waals surface area contributed by atoms with Gasteiger partial charge in [-0.25, -0.2) is 4.98 Å². The molecule has 0 unspecified atom stereocenters. The summed E-state index contributed by atoms with van der Waals surface area (Å²) in [4.78, 5) is 15.3. The Hall–Kier alpha value is -2.16. The van der Waals surface area contributed by atoms with Crippen LogP contribution in [0.25, 0.3) is 0 Å². The fourth-order valence-corrected chi connectivity index (χ4v) is 2.13. The van der Waals surface area contributed by atoms with Crippen LogP contribution in [-0.4, -0.2) is 10.8 Å². The SMILES string of the molecule is CC(=O)c1ccc(Oc2ccc(C(C)C)c(C)c2)nc1. The first-order valence-corrected chi connectivity index (χ1v) is 6.72. The molecule has 0 atom stereocenters. The van der Waals surface area contributed by atoms with Crippen LogP contribution in [0, 0.1) is 6.92 Å². The van der Waals surface area contributed by atoms with Gasteiger partial charge < -0.3 is 4.74 Å². The van der Waals surface area contributed by atoms with Gasteiger partial charge in [-0.05, 0) is 49.1 Å². The monoisotopic (exact) mass is 269 g/mol. The molecule has 1 heterocycles. The molecular weight excluding hydrogens is 250 g/mol. The Morgan fingerprint density at radius 3 is 2.45 bits per heavy atom. The quantitative estimate of drug-likeness (QED) is 0.767. The molecular formula is C17H19NO2. The number of benzene rings is 1. The number of rotatable bonds is 4. The van der Waals surface area contributed by atoms with Gasteiger partial charge in [0.1, 0.15) is 5.75 Å². The summed E-state index contributed by atoms with van der Waals surface area (Å²) in [7, 11) is 0. The van der Waals surface area contributed by atoms with Gasteiger partial charge in [0.2, 0.25) is 5.88 Å². The summed E-state index contributed by atoms with van der Waals surface area (Å²) >= 11 is 0. The normalized spacial score (nSPS) is 10.7. The van der Waals surface area contributed by atoms with E-state index in [-0.39, 0.29) is 5.78 Å². The van der Waals surface area contributed by atoms with E-state index in [9.17, 15) is 4.79 Å². The number of carbonyl (C=O) groups excluding carboxylic acids is 1. The van der Waals surface area contributed by atoms with Crippen molar-refractivity contribution >= 4 is 5.78 Å². The van der Waals surface area contributed by atoms with Crippen LogP contribution in [0.5, 0.6) is 11.6 Å². The van der Waals surface area contributed by atoms with E-state index in [1.54, 1.807) is 12.1 Å². The molecule has 0 aliphatic rings. The lowest BCUT2D eigenvalue weighted by Crippen LogP contribution is -1.96. The first-order valence-electron chi connectivity index (χ1n) is 6.72. The van der Waals surface area contributed by atoms with Crippen molar-refractivity contribution in [2.24, 2.45) is 0 Å². The van der Waals surface area contributed by atoms with Crippen LogP contribution in [0.2, 0.25) is 0 Å². The second-order valence-corrected chi connectivity index (χ2v) is 5.22. The van der Waals surface area contributed by atoms with E-state index in [4.69, 9.17) is 4.74 Å². The summed E-state index contributed by atoms with van der Waals surface area (Å²) in [5.41, 5.74) is 3.11. The van der Waals surface area contributed by atoms with E-state index in [2.05, 4.69) is 31.8 Å². The van der Waals surface area contributed by atoms with Crippen LogP contribution in [0.1, 0.15) is 48.2 Å². The number of ketones is 1. The zero-order valence-corrected chi connectivity index (χ0v) is 12.3. The number of nitrogens with zero attached hydrogens (tertiary/aromatic N) is 1. The molecule has 3 nitrogen and oxygen atoms in total. The van der Waals surface area contributed by atoms with E-state index in [0.717, 1.165) is 5.75 Å². The van der Waals surface area contributed by atoms with Gasteiger partial charge in [-0.15, -0.1) is 0 Å². The van der Waals surface area contributed by atoms with Crippen LogP contribution in [-0.2, 0) is 0 Å². The van der Waals surface area contributed by atoms with Crippen LogP contribution < -0.4 is 4.74 Å². The average molecular weight is 269 g/mol. The molecule has 20 heavy (non-hydrogen) atoms. The van der Waals surface area contributed by atoms with Crippen LogP contribution in [0.3, 0.4) is 0 Å². The van der Waals surface area contributed by atoms with Crippen molar-refractivity contribution in [1.29, 1.82) is 0 Å². The highest BCUT2D eigenvalue weighted by Crippen LogP contribution is 2.26. The molecule has 0 aliphatic carbocycles. The maximum Gasteiger partial charge on any atom is 0.219 e. The van der Waals surface area contributed by atoms with E-state index in [1.807, 2.05) is 12.1 Å². The largest absolute Gasteiger partial charge is 0.439 e. The van der Waals surface area contributed by atoms with E-state index < -0.39 is 0 Å². The van der Waals surface area contributed by atoms with Crippen molar-refractivity contribution in [3.05, 3.63) is 53.2 Å². The fraction of sp³-hybridized carbons (Fsp3) is 0.294. The Labute approximate surface area is 119 Å². The van der Waals surface area contributed by atoms with Gasteiger partial charge in [-0.2, -0.15) is 0 Å². The van der Waals surface area contributed by atoms with Crippen molar-refractivity contribution < 1.29 is 9.53 Å². The Morgan fingerprint density at radius 1 is 1.20 bits per heavy atom. The standard InChI is InChI=1S/C17H19NO2/c1-11(2)16-7-6-15(9-12(16)3)20-17-8-5-14(10-18-17)13(4)19/h5-11H,1-4H3. The lowest BCUT2D eigenvalue weighted by atomic mass is 9.98. The third-order valence-electron chi connectivity index (χ3n) is 3.23. The van der Waals surface area contributed by atoms with Gasteiger partial charge in [0.05, 0.1) is 0 Å². The van der Waals surface area contributed by atoms with Crippen molar-refractivity contribution in [2.45, 2.75) is 33.6 Å². The second-order valence-electron chi connectivity index (χ2n) is 5.22. The lowest BCUT2D eigenvalue weighted by molar-refractivity contribution is 0.101. The predicted molar refractivity (Wildman–Crippen MR) is 79.6 cm³/mol. The highest BCUT2D eigenvalue weighted by atomic mass is 16.5. The zero-order valence-electron chi connectivity index (χ0n) is 12.3. The second kappa shape index (κ2) is 5.87. The zero-order chi connectivity index (χ0) is 14.7. The molecule has 2 rings (SSSR count). The van der Waals surface area contributed by atoms with Crippen molar-refractivity contribution in [3.8, 4) is 11.6 Å². The molecule has 0 saturated carbocycles. The van der Waals surface area contributed by atoms with Crippen molar-refractivity contribution in [3.63, 3.8) is 0 Å². The Balaban J connectivity index is 2.17. The fourth-order valence-electron chi connectivity index (χ4n) is 2.13. The Kier molecular flexibility index (Phi) is 4.18. The van der Waals surface area contributed by atoms with Crippen LogP contribution in [0.15, 0.2) is 36.5 Å². The molecule has 3 heteroatoms. The highest BCUT2D eigenvalue weighted by Gasteiger charge is 2.06. The number of carbonyl (C=O) groups is 1. The molecule has 104 valence electrons.